The van der Waals surface area contributed by atoms with Gasteiger partial charge in [-0.2, -0.15) is 0 Å². The number of aromatic amines is 1. The van der Waals surface area contributed by atoms with Gasteiger partial charge in [0.05, 0.1) is 31.8 Å². The minimum absolute atomic E-state index is 0.128. The molecule has 0 unspecified atom stereocenters. The maximum Gasteiger partial charge on any atom is 0.254 e. The number of benzene rings is 2. The van der Waals surface area contributed by atoms with Crippen molar-refractivity contribution in [3.8, 4) is 11.5 Å². The predicted molar refractivity (Wildman–Crippen MR) is 96.2 cm³/mol. The van der Waals surface area contributed by atoms with E-state index in [2.05, 4.69) is 9.97 Å². The number of carbonyl (C=O) groups excluding carboxylic acids is 1. The van der Waals surface area contributed by atoms with Gasteiger partial charge in [0, 0.05) is 18.2 Å². The van der Waals surface area contributed by atoms with Crippen LogP contribution in [0.25, 0.3) is 11.0 Å². The minimum atomic E-state index is -0.128. The molecular formula is C19H21N3O3. The molecule has 130 valence electrons. The molecule has 25 heavy (non-hydrogen) atoms. The highest BCUT2D eigenvalue weighted by Crippen LogP contribution is 2.30. The molecule has 6 heteroatoms. The monoisotopic (exact) mass is 339 g/mol. The average Bonchev–Trinajstić information content (AvgIpc) is 3.03. The summed E-state index contributed by atoms with van der Waals surface area (Å²) in [5, 5.41) is 0. The lowest BCUT2D eigenvalue weighted by atomic mass is 10.1. The van der Waals surface area contributed by atoms with Gasteiger partial charge in [0.15, 0.2) is 0 Å². The Balaban J connectivity index is 1.84. The number of nitrogens with zero attached hydrogens (tertiary/aromatic N) is 2. The fraction of sp³-hybridized carbons (Fsp3) is 0.263. The normalized spacial score (nSPS) is 10.7. The molecule has 0 bridgehead atoms. The topological polar surface area (TPSA) is 67.5 Å². The highest BCUT2D eigenvalue weighted by Gasteiger charge is 2.18. The smallest absolute Gasteiger partial charge is 0.254 e. The van der Waals surface area contributed by atoms with E-state index in [9.17, 15) is 4.79 Å². The zero-order valence-corrected chi connectivity index (χ0v) is 14.8. The SMILES string of the molecule is COc1cc(C(=O)N(C)Cc2nc3ccccc3[nH]2)cc(OC)c1C. The lowest BCUT2D eigenvalue weighted by molar-refractivity contribution is 0.0781. The molecule has 6 nitrogen and oxygen atoms in total. The van der Waals surface area contributed by atoms with Crippen molar-refractivity contribution in [3.63, 3.8) is 0 Å². The second kappa shape index (κ2) is 6.84. The van der Waals surface area contributed by atoms with E-state index in [1.165, 1.54) is 0 Å². The van der Waals surface area contributed by atoms with Gasteiger partial charge in [0.1, 0.15) is 17.3 Å². The molecule has 0 fully saturated rings. The van der Waals surface area contributed by atoms with E-state index in [4.69, 9.17) is 9.47 Å². The fourth-order valence-electron chi connectivity index (χ4n) is 2.81. The standard InChI is InChI=1S/C19H21N3O3/c1-12-16(24-3)9-13(10-17(12)25-4)19(23)22(2)11-18-20-14-7-5-6-8-15(14)21-18/h5-10H,11H2,1-4H3,(H,20,21). The third kappa shape index (κ3) is 3.28. The molecule has 1 aromatic heterocycles. The van der Waals surface area contributed by atoms with Crippen molar-refractivity contribution in [2.24, 2.45) is 0 Å². The summed E-state index contributed by atoms with van der Waals surface area (Å²) in [5.74, 6) is 1.86. The van der Waals surface area contributed by atoms with Gasteiger partial charge in [-0.1, -0.05) is 12.1 Å². The van der Waals surface area contributed by atoms with Crippen molar-refractivity contribution in [1.82, 2.24) is 14.9 Å². The summed E-state index contributed by atoms with van der Waals surface area (Å²) >= 11 is 0. The number of hydrogen-bond acceptors (Lipinski definition) is 4. The number of aromatic nitrogens is 2. The fourth-order valence-corrected chi connectivity index (χ4v) is 2.81. The van der Waals surface area contributed by atoms with Gasteiger partial charge in [-0.15, -0.1) is 0 Å². The summed E-state index contributed by atoms with van der Waals surface area (Å²) < 4.78 is 10.7. The Kier molecular flexibility index (Phi) is 4.61. The van der Waals surface area contributed by atoms with Crippen LogP contribution in [0.1, 0.15) is 21.7 Å². The Morgan fingerprint density at radius 1 is 1.16 bits per heavy atom. The Morgan fingerprint density at radius 3 is 2.40 bits per heavy atom. The number of methoxy groups -OCH3 is 2. The number of nitrogens with one attached hydrogen (secondary N) is 1. The van der Waals surface area contributed by atoms with E-state index in [0.717, 1.165) is 22.4 Å². The van der Waals surface area contributed by atoms with E-state index in [-0.39, 0.29) is 5.91 Å². The van der Waals surface area contributed by atoms with Crippen LogP contribution >= 0.6 is 0 Å². The Bertz CT molecular complexity index is 859. The van der Waals surface area contributed by atoms with Crippen molar-refractivity contribution >= 4 is 16.9 Å². The van der Waals surface area contributed by atoms with Crippen LogP contribution in [0.3, 0.4) is 0 Å². The zero-order chi connectivity index (χ0) is 18.0. The summed E-state index contributed by atoms with van der Waals surface area (Å²) in [6.07, 6.45) is 0. The van der Waals surface area contributed by atoms with Gasteiger partial charge in [-0.05, 0) is 31.2 Å². The number of rotatable bonds is 5. The Morgan fingerprint density at radius 2 is 1.80 bits per heavy atom. The van der Waals surface area contributed by atoms with Crippen LogP contribution in [0.4, 0.5) is 0 Å². The van der Waals surface area contributed by atoms with E-state index in [1.807, 2.05) is 31.2 Å². The summed E-state index contributed by atoms with van der Waals surface area (Å²) in [7, 11) is 4.90. The van der Waals surface area contributed by atoms with E-state index in [0.29, 0.717) is 23.6 Å². The van der Waals surface area contributed by atoms with Gasteiger partial charge < -0.3 is 19.4 Å². The number of carbonyl (C=O) groups is 1. The van der Waals surface area contributed by atoms with Gasteiger partial charge in [0.25, 0.3) is 5.91 Å². The van der Waals surface area contributed by atoms with E-state index >= 15 is 0 Å². The van der Waals surface area contributed by atoms with Gasteiger partial charge in [-0.3, -0.25) is 4.79 Å². The molecule has 0 aliphatic rings. The van der Waals surface area contributed by atoms with Crippen LogP contribution in [0.5, 0.6) is 11.5 Å². The number of para-hydroxylation sites is 2. The van der Waals surface area contributed by atoms with Crippen LogP contribution in [-0.2, 0) is 6.54 Å². The molecule has 0 atom stereocenters. The maximum atomic E-state index is 12.8. The summed E-state index contributed by atoms with van der Waals surface area (Å²) in [4.78, 5) is 22.1. The van der Waals surface area contributed by atoms with Crippen LogP contribution in [0, 0.1) is 6.92 Å². The van der Waals surface area contributed by atoms with Crippen LogP contribution in [0.2, 0.25) is 0 Å². The largest absolute Gasteiger partial charge is 0.496 e. The number of fused-ring (bicyclic) bond motifs is 1. The molecule has 3 rings (SSSR count). The maximum absolute atomic E-state index is 12.8. The minimum Gasteiger partial charge on any atom is -0.496 e. The van der Waals surface area contributed by atoms with Crippen molar-refractivity contribution in [2.45, 2.75) is 13.5 Å². The first-order chi connectivity index (χ1) is 12.0. The molecule has 2 aromatic carbocycles. The first-order valence-corrected chi connectivity index (χ1v) is 7.95. The molecule has 1 heterocycles. The first-order valence-electron chi connectivity index (χ1n) is 7.95. The summed E-state index contributed by atoms with van der Waals surface area (Å²) in [6, 6.07) is 11.2. The highest BCUT2D eigenvalue weighted by atomic mass is 16.5. The molecule has 0 aliphatic heterocycles. The molecule has 3 aromatic rings. The number of H-pyrrole nitrogens is 1. The van der Waals surface area contributed by atoms with E-state index < -0.39 is 0 Å². The number of hydrogen-bond donors (Lipinski definition) is 1. The van der Waals surface area contributed by atoms with Gasteiger partial charge in [0.2, 0.25) is 0 Å². The molecule has 0 aliphatic carbocycles. The van der Waals surface area contributed by atoms with Crippen molar-refractivity contribution in [3.05, 3.63) is 53.3 Å². The molecule has 0 radical (unpaired) electrons. The second-order valence-electron chi connectivity index (χ2n) is 5.87. The lowest BCUT2D eigenvalue weighted by Crippen LogP contribution is -2.26. The molecule has 0 saturated carbocycles. The van der Waals surface area contributed by atoms with Crippen LogP contribution < -0.4 is 9.47 Å². The Labute approximate surface area is 146 Å². The molecule has 1 amide bonds. The molecule has 0 saturated heterocycles. The van der Waals surface area contributed by atoms with Crippen LogP contribution in [0.15, 0.2) is 36.4 Å². The predicted octanol–water partition coefficient (Wildman–Crippen LogP) is 3.16. The Hall–Kier alpha value is -3.02. The second-order valence-corrected chi connectivity index (χ2v) is 5.87. The molecule has 0 spiro atoms. The van der Waals surface area contributed by atoms with Gasteiger partial charge in [-0.25, -0.2) is 4.98 Å². The average molecular weight is 339 g/mol. The van der Waals surface area contributed by atoms with Crippen molar-refractivity contribution in [1.29, 1.82) is 0 Å². The molecular weight excluding hydrogens is 318 g/mol. The third-order valence-corrected chi connectivity index (χ3v) is 4.17. The zero-order valence-electron chi connectivity index (χ0n) is 14.8. The van der Waals surface area contributed by atoms with Crippen molar-refractivity contribution in [2.75, 3.05) is 21.3 Å². The van der Waals surface area contributed by atoms with Crippen molar-refractivity contribution < 1.29 is 14.3 Å². The third-order valence-electron chi connectivity index (χ3n) is 4.17. The van der Waals surface area contributed by atoms with Gasteiger partial charge >= 0.3 is 0 Å². The highest BCUT2D eigenvalue weighted by molar-refractivity contribution is 5.95. The van der Waals surface area contributed by atoms with Crippen LogP contribution in [-0.4, -0.2) is 42.0 Å². The molecule has 1 N–H and O–H groups in total. The first kappa shape index (κ1) is 16.8. The summed E-state index contributed by atoms with van der Waals surface area (Å²) in [6.45, 7) is 2.27. The lowest BCUT2D eigenvalue weighted by Gasteiger charge is -2.18. The number of amides is 1. The number of imidazole rings is 1. The van der Waals surface area contributed by atoms with E-state index in [1.54, 1.807) is 38.3 Å². The number of ether oxygens (including phenoxy) is 2. The summed E-state index contributed by atoms with van der Waals surface area (Å²) in [5.41, 5.74) is 3.22. The quantitative estimate of drug-likeness (QED) is 0.775.